The van der Waals surface area contributed by atoms with Crippen LogP contribution in [0.5, 0.6) is 0 Å². The lowest BCUT2D eigenvalue weighted by Gasteiger charge is -2.26. The summed E-state index contributed by atoms with van der Waals surface area (Å²) >= 11 is 0. The highest BCUT2D eigenvalue weighted by Gasteiger charge is 2.18. The molecule has 2 rings (SSSR count). The van der Waals surface area contributed by atoms with Gasteiger partial charge in [-0.2, -0.15) is 0 Å². The first-order chi connectivity index (χ1) is 9.75. The van der Waals surface area contributed by atoms with E-state index in [1.54, 1.807) is 0 Å². The summed E-state index contributed by atoms with van der Waals surface area (Å²) in [7, 11) is 1.99. The fourth-order valence-corrected chi connectivity index (χ4v) is 3.67. The Balaban J connectivity index is 1.58. The molecule has 0 atom stereocenters. The number of carbonyl (C=O) groups excluding carboxylic acids is 1. The molecule has 1 heterocycles. The van der Waals surface area contributed by atoms with E-state index in [9.17, 15) is 4.79 Å². The van der Waals surface area contributed by atoms with Gasteiger partial charge in [0.05, 0.1) is 0 Å². The van der Waals surface area contributed by atoms with Gasteiger partial charge in [0.1, 0.15) is 0 Å². The van der Waals surface area contributed by atoms with Crippen molar-refractivity contribution in [2.24, 2.45) is 11.8 Å². The largest absolute Gasteiger partial charge is 0.346 e. The van der Waals surface area contributed by atoms with Gasteiger partial charge in [-0.15, -0.1) is 0 Å². The van der Waals surface area contributed by atoms with Crippen molar-refractivity contribution < 1.29 is 4.79 Å². The molecule has 1 saturated heterocycles. The predicted molar refractivity (Wildman–Crippen MR) is 83.7 cm³/mol. The van der Waals surface area contributed by atoms with Crippen molar-refractivity contribution >= 4 is 5.91 Å². The highest BCUT2D eigenvalue weighted by atomic mass is 16.2. The minimum atomic E-state index is 0.365. The summed E-state index contributed by atoms with van der Waals surface area (Å²) in [5, 5.41) is 3.40. The standard InChI is InChI=1S/C17H32N2O/c1-19(14-11-16-9-12-18-13-10-16)17(20)8-7-15-5-3-2-4-6-15/h15-16,18H,2-14H2,1H3. The van der Waals surface area contributed by atoms with Crippen molar-refractivity contribution in [3.8, 4) is 0 Å². The topological polar surface area (TPSA) is 32.3 Å². The molecule has 20 heavy (non-hydrogen) atoms. The zero-order valence-electron chi connectivity index (χ0n) is 13.2. The van der Waals surface area contributed by atoms with Crippen LogP contribution in [0.1, 0.15) is 64.2 Å². The molecule has 1 aliphatic carbocycles. The van der Waals surface area contributed by atoms with E-state index >= 15 is 0 Å². The van der Waals surface area contributed by atoms with E-state index in [1.165, 1.54) is 51.4 Å². The number of hydrogen-bond acceptors (Lipinski definition) is 2. The van der Waals surface area contributed by atoms with E-state index < -0.39 is 0 Å². The number of rotatable bonds is 6. The first-order valence-electron chi connectivity index (χ1n) is 8.70. The van der Waals surface area contributed by atoms with Crippen molar-refractivity contribution in [3.63, 3.8) is 0 Å². The van der Waals surface area contributed by atoms with Gasteiger partial charge in [0.25, 0.3) is 0 Å². The van der Waals surface area contributed by atoms with Crippen LogP contribution in [-0.4, -0.2) is 37.5 Å². The molecule has 2 aliphatic rings. The number of hydrogen-bond donors (Lipinski definition) is 1. The first kappa shape index (κ1) is 15.8. The Labute approximate surface area is 124 Å². The van der Waals surface area contributed by atoms with Crippen LogP contribution in [0, 0.1) is 11.8 Å². The third-order valence-electron chi connectivity index (χ3n) is 5.25. The Morgan fingerprint density at radius 3 is 2.35 bits per heavy atom. The van der Waals surface area contributed by atoms with Gasteiger partial charge in [0.15, 0.2) is 0 Å². The van der Waals surface area contributed by atoms with Crippen LogP contribution in [0.25, 0.3) is 0 Å². The molecule has 0 radical (unpaired) electrons. The molecule has 1 saturated carbocycles. The Hall–Kier alpha value is -0.570. The second kappa shape index (κ2) is 8.66. The van der Waals surface area contributed by atoms with Gasteiger partial charge < -0.3 is 10.2 Å². The molecule has 1 aliphatic heterocycles. The number of carbonyl (C=O) groups is 1. The Morgan fingerprint density at radius 1 is 1.00 bits per heavy atom. The van der Waals surface area contributed by atoms with Gasteiger partial charge in [0.2, 0.25) is 5.91 Å². The van der Waals surface area contributed by atoms with E-state index in [1.807, 2.05) is 11.9 Å². The molecule has 1 N–H and O–H groups in total. The molecule has 1 amide bonds. The van der Waals surface area contributed by atoms with E-state index in [0.717, 1.165) is 44.3 Å². The monoisotopic (exact) mass is 280 g/mol. The molecule has 2 fully saturated rings. The maximum absolute atomic E-state index is 12.2. The van der Waals surface area contributed by atoms with E-state index in [4.69, 9.17) is 0 Å². The Morgan fingerprint density at radius 2 is 1.65 bits per heavy atom. The zero-order chi connectivity index (χ0) is 14.2. The summed E-state index contributed by atoms with van der Waals surface area (Å²) in [4.78, 5) is 14.1. The van der Waals surface area contributed by atoms with Gasteiger partial charge >= 0.3 is 0 Å². The molecule has 0 bridgehead atoms. The summed E-state index contributed by atoms with van der Waals surface area (Å²) in [6.07, 6.45) is 12.5. The lowest BCUT2D eigenvalue weighted by molar-refractivity contribution is -0.130. The van der Waals surface area contributed by atoms with Gasteiger partial charge in [-0.3, -0.25) is 4.79 Å². The van der Waals surface area contributed by atoms with Gasteiger partial charge in [0, 0.05) is 20.0 Å². The molecule has 0 aromatic rings. The van der Waals surface area contributed by atoms with Gasteiger partial charge in [-0.1, -0.05) is 32.1 Å². The fraction of sp³-hybridized carbons (Fsp3) is 0.941. The Bertz CT molecular complexity index is 281. The van der Waals surface area contributed by atoms with Crippen LogP contribution in [0.15, 0.2) is 0 Å². The van der Waals surface area contributed by atoms with E-state index in [0.29, 0.717) is 5.91 Å². The third-order valence-corrected chi connectivity index (χ3v) is 5.25. The van der Waals surface area contributed by atoms with Crippen molar-refractivity contribution in [2.75, 3.05) is 26.7 Å². The lowest BCUT2D eigenvalue weighted by atomic mass is 9.86. The molecule has 3 nitrogen and oxygen atoms in total. The van der Waals surface area contributed by atoms with Crippen molar-refractivity contribution in [1.82, 2.24) is 10.2 Å². The number of piperidine rings is 1. The minimum Gasteiger partial charge on any atom is -0.346 e. The smallest absolute Gasteiger partial charge is 0.222 e. The summed E-state index contributed by atoms with van der Waals surface area (Å²) in [6.45, 7) is 3.27. The summed E-state index contributed by atoms with van der Waals surface area (Å²) in [5.41, 5.74) is 0. The van der Waals surface area contributed by atoms with E-state index in [-0.39, 0.29) is 0 Å². The lowest BCUT2D eigenvalue weighted by Crippen LogP contribution is -2.32. The zero-order valence-corrected chi connectivity index (χ0v) is 13.2. The highest BCUT2D eigenvalue weighted by Crippen LogP contribution is 2.27. The summed E-state index contributed by atoms with van der Waals surface area (Å²) in [6, 6.07) is 0. The van der Waals surface area contributed by atoms with E-state index in [2.05, 4.69) is 5.32 Å². The molecule has 116 valence electrons. The molecule has 3 heteroatoms. The van der Waals surface area contributed by atoms with Crippen LogP contribution in [0.4, 0.5) is 0 Å². The molecular weight excluding hydrogens is 248 g/mol. The molecule has 0 aromatic heterocycles. The quantitative estimate of drug-likeness (QED) is 0.810. The van der Waals surface area contributed by atoms with Crippen LogP contribution in [0.2, 0.25) is 0 Å². The normalized spacial score (nSPS) is 21.9. The maximum Gasteiger partial charge on any atom is 0.222 e. The highest BCUT2D eigenvalue weighted by molar-refractivity contribution is 5.75. The number of amides is 1. The van der Waals surface area contributed by atoms with Crippen LogP contribution in [-0.2, 0) is 4.79 Å². The molecule has 0 spiro atoms. The average Bonchev–Trinajstić information content (AvgIpc) is 2.52. The molecule has 0 aromatic carbocycles. The number of nitrogens with one attached hydrogen (secondary N) is 1. The van der Waals surface area contributed by atoms with Crippen molar-refractivity contribution in [3.05, 3.63) is 0 Å². The van der Waals surface area contributed by atoms with Crippen LogP contribution in [0.3, 0.4) is 0 Å². The fourth-order valence-electron chi connectivity index (χ4n) is 3.67. The SMILES string of the molecule is CN(CCC1CCNCC1)C(=O)CCC1CCCCC1. The third kappa shape index (κ3) is 5.43. The molecular formula is C17H32N2O. The molecule has 0 unspecified atom stereocenters. The number of nitrogens with zero attached hydrogens (tertiary/aromatic N) is 1. The first-order valence-corrected chi connectivity index (χ1v) is 8.70. The van der Waals surface area contributed by atoms with Crippen molar-refractivity contribution in [1.29, 1.82) is 0 Å². The predicted octanol–water partition coefficient (Wildman–Crippen LogP) is 3.20. The summed E-state index contributed by atoms with van der Waals surface area (Å²) in [5.74, 6) is 2.01. The Kier molecular flexibility index (Phi) is 6.85. The minimum absolute atomic E-state index is 0.365. The second-order valence-corrected chi connectivity index (χ2v) is 6.84. The van der Waals surface area contributed by atoms with Crippen LogP contribution < -0.4 is 5.32 Å². The van der Waals surface area contributed by atoms with Gasteiger partial charge in [-0.25, -0.2) is 0 Å². The average molecular weight is 280 g/mol. The van der Waals surface area contributed by atoms with Crippen LogP contribution >= 0.6 is 0 Å². The summed E-state index contributed by atoms with van der Waals surface area (Å²) < 4.78 is 0. The maximum atomic E-state index is 12.2. The second-order valence-electron chi connectivity index (χ2n) is 6.84. The van der Waals surface area contributed by atoms with Crippen molar-refractivity contribution in [2.45, 2.75) is 64.2 Å². The van der Waals surface area contributed by atoms with Gasteiger partial charge in [-0.05, 0) is 50.6 Å².